The summed E-state index contributed by atoms with van der Waals surface area (Å²) in [5, 5.41) is 4.29. The molecule has 0 aliphatic carbocycles. The number of hydrogen-bond acceptors (Lipinski definition) is 2. The van der Waals surface area contributed by atoms with Crippen LogP contribution in [0.15, 0.2) is 108 Å². The molecule has 0 nitrogen and oxygen atoms in total. The van der Waals surface area contributed by atoms with Crippen LogP contribution < -0.4 is 0 Å². The summed E-state index contributed by atoms with van der Waals surface area (Å²) in [6.07, 6.45) is 8.88. The number of benzene rings is 3. The molecule has 3 aromatic carbocycles. The number of thiophene rings is 2. The Kier molecular flexibility index (Phi) is 6.25. The van der Waals surface area contributed by atoms with Gasteiger partial charge in [-0.25, -0.2) is 0 Å². The second kappa shape index (κ2) is 9.78. The average Bonchev–Trinajstić information content (AvgIpc) is 3.57. The minimum atomic E-state index is 1.20. The Morgan fingerprint density at radius 2 is 0.875 bits per heavy atom. The molecular formula is C30H22S2. The van der Waals surface area contributed by atoms with Crippen molar-refractivity contribution in [3.05, 3.63) is 130 Å². The van der Waals surface area contributed by atoms with E-state index in [1.807, 2.05) is 0 Å². The molecule has 2 heteroatoms. The highest BCUT2D eigenvalue weighted by Crippen LogP contribution is 2.37. The molecule has 0 N–H and O–H groups in total. The van der Waals surface area contributed by atoms with Crippen LogP contribution in [0.2, 0.25) is 0 Å². The fraction of sp³-hybridized carbons (Fsp3) is 0. The van der Waals surface area contributed by atoms with Gasteiger partial charge in [-0.1, -0.05) is 97.1 Å². The van der Waals surface area contributed by atoms with E-state index in [1.165, 1.54) is 43.1 Å². The summed E-state index contributed by atoms with van der Waals surface area (Å²) in [5.41, 5.74) is 7.40. The summed E-state index contributed by atoms with van der Waals surface area (Å²) >= 11 is 3.57. The Labute approximate surface area is 197 Å². The van der Waals surface area contributed by atoms with Crippen molar-refractivity contribution in [3.8, 4) is 20.9 Å². The largest absolute Gasteiger partial charge is 0.144 e. The van der Waals surface area contributed by atoms with E-state index in [2.05, 4.69) is 132 Å². The van der Waals surface area contributed by atoms with Gasteiger partial charge in [-0.15, -0.1) is 22.7 Å². The molecule has 0 radical (unpaired) electrons. The molecule has 0 fully saturated rings. The quantitative estimate of drug-likeness (QED) is 0.228. The fourth-order valence-corrected chi connectivity index (χ4v) is 5.23. The van der Waals surface area contributed by atoms with Crippen LogP contribution in [0.1, 0.15) is 22.3 Å². The van der Waals surface area contributed by atoms with Gasteiger partial charge in [0, 0.05) is 9.75 Å². The second-order valence-electron chi connectivity index (χ2n) is 7.47. The van der Waals surface area contributed by atoms with Gasteiger partial charge in [-0.3, -0.25) is 0 Å². The highest BCUT2D eigenvalue weighted by molar-refractivity contribution is 7.14. The van der Waals surface area contributed by atoms with Gasteiger partial charge < -0.3 is 0 Å². The van der Waals surface area contributed by atoms with Crippen molar-refractivity contribution in [1.29, 1.82) is 0 Å². The van der Waals surface area contributed by atoms with Crippen molar-refractivity contribution in [3.63, 3.8) is 0 Å². The maximum atomic E-state index is 2.34. The Morgan fingerprint density at radius 3 is 1.25 bits per heavy atom. The molecule has 5 rings (SSSR count). The zero-order valence-electron chi connectivity index (χ0n) is 17.5. The first-order valence-electron chi connectivity index (χ1n) is 10.6. The van der Waals surface area contributed by atoms with E-state index < -0.39 is 0 Å². The predicted molar refractivity (Wildman–Crippen MR) is 144 cm³/mol. The summed E-state index contributed by atoms with van der Waals surface area (Å²) in [4.78, 5) is 2.56. The first-order valence-corrected chi connectivity index (χ1v) is 12.3. The topological polar surface area (TPSA) is 0 Å². The third-order valence-corrected chi connectivity index (χ3v) is 7.11. The van der Waals surface area contributed by atoms with Gasteiger partial charge in [0.1, 0.15) is 0 Å². The summed E-state index contributed by atoms with van der Waals surface area (Å²) in [6, 6.07) is 34.3. The van der Waals surface area contributed by atoms with Crippen LogP contribution in [-0.2, 0) is 0 Å². The monoisotopic (exact) mass is 446 g/mol. The zero-order chi connectivity index (χ0) is 21.6. The maximum Gasteiger partial charge on any atom is 0.0348 e. The van der Waals surface area contributed by atoms with Crippen LogP contribution in [0, 0.1) is 0 Å². The molecule has 0 atom stereocenters. The van der Waals surface area contributed by atoms with Crippen LogP contribution in [-0.4, -0.2) is 0 Å². The molecule has 0 aliphatic rings. The smallest absolute Gasteiger partial charge is 0.0348 e. The highest BCUT2D eigenvalue weighted by atomic mass is 32.1. The first-order chi connectivity index (χ1) is 15.9. The van der Waals surface area contributed by atoms with Crippen molar-refractivity contribution in [2.45, 2.75) is 0 Å². The molecule has 5 aromatic rings. The van der Waals surface area contributed by atoms with Crippen molar-refractivity contribution in [1.82, 2.24) is 0 Å². The maximum absolute atomic E-state index is 2.34. The molecule has 0 saturated heterocycles. The van der Waals surface area contributed by atoms with Gasteiger partial charge in [-0.05, 0) is 68.4 Å². The molecule has 154 valence electrons. The lowest BCUT2D eigenvalue weighted by Gasteiger charge is -2.12. The van der Waals surface area contributed by atoms with Crippen LogP contribution in [0.4, 0.5) is 0 Å². The third-order valence-electron chi connectivity index (χ3n) is 5.30. The predicted octanol–water partition coefficient (Wildman–Crippen LogP) is 9.48. The lowest BCUT2D eigenvalue weighted by Crippen LogP contribution is -1.88. The van der Waals surface area contributed by atoms with Gasteiger partial charge in [0.25, 0.3) is 0 Å². The van der Waals surface area contributed by atoms with Crippen molar-refractivity contribution >= 4 is 47.0 Å². The normalized spacial score (nSPS) is 11.5. The van der Waals surface area contributed by atoms with E-state index in [4.69, 9.17) is 0 Å². The van der Waals surface area contributed by atoms with Crippen LogP contribution in [0.25, 0.3) is 45.2 Å². The SMILES string of the molecule is C(=C\c1cc(-c2cccs2)c(/C=C/c2ccccc2)cc1-c1cccs1)/c1ccccc1. The van der Waals surface area contributed by atoms with Crippen LogP contribution in [0.3, 0.4) is 0 Å². The molecule has 0 spiro atoms. The lowest BCUT2D eigenvalue weighted by molar-refractivity contribution is 1.60. The van der Waals surface area contributed by atoms with Gasteiger partial charge in [0.05, 0.1) is 0 Å². The van der Waals surface area contributed by atoms with Gasteiger partial charge in [0.2, 0.25) is 0 Å². The Hall–Kier alpha value is -3.46. The number of rotatable bonds is 6. The summed E-state index contributed by atoms with van der Waals surface area (Å²) < 4.78 is 0. The van der Waals surface area contributed by atoms with E-state index >= 15 is 0 Å². The fourth-order valence-electron chi connectivity index (χ4n) is 3.70. The van der Waals surface area contributed by atoms with E-state index in [0.717, 1.165) is 0 Å². The van der Waals surface area contributed by atoms with E-state index in [1.54, 1.807) is 22.7 Å². The molecule has 0 unspecified atom stereocenters. The van der Waals surface area contributed by atoms with Crippen molar-refractivity contribution < 1.29 is 0 Å². The standard InChI is InChI=1S/C30H22S2/c1-3-9-23(10-4-1)15-17-25-21-28(30-14-8-20-32-30)26(18-16-24-11-5-2-6-12-24)22-27(25)29-13-7-19-31-29/h1-22H/b17-15+,18-16+. The molecular weight excluding hydrogens is 424 g/mol. The Balaban J connectivity index is 1.65. The average molecular weight is 447 g/mol. The van der Waals surface area contributed by atoms with Gasteiger partial charge >= 0.3 is 0 Å². The van der Waals surface area contributed by atoms with E-state index in [0.29, 0.717) is 0 Å². The molecule has 0 saturated carbocycles. The molecule has 0 aliphatic heterocycles. The minimum absolute atomic E-state index is 1.20. The van der Waals surface area contributed by atoms with Gasteiger partial charge in [0.15, 0.2) is 0 Å². The van der Waals surface area contributed by atoms with Crippen molar-refractivity contribution in [2.75, 3.05) is 0 Å². The van der Waals surface area contributed by atoms with E-state index in [9.17, 15) is 0 Å². The lowest BCUT2D eigenvalue weighted by atomic mass is 9.95. The van der Waals surface area contributed by atoms with E-state index in [-0.39, 0.29) is 0 Å². The Morgan fingerprint density at radius 1 is 0.438 bits per heavy atom. The third kappa shape index (κ3) is 4.72. The molecule has 2 aromatic heterocycles. The van der Waals surface area contributed by atoms with Crippen molar-refractivity contribution in [2.24, 2.45) is 0 Å². The summed E-state index contributed by atoms with van der Waals surface area (Å²) in [5.74, 6) is 0. The minimum Gasteiger partial charge on any atom is -0.144 e. The zero-order valence-corrected chi connectivity index (χ0v) is 19.2. The Bertz CT molecular complexity index is 1220. The van der Waals surface area contributed by atoms with Gasteiger partial charge in [-0.2, -0.15) is 0 Å². The molecule has 0 amide bonds. The molecule has 0 bridgehead atoms. The number of hydrogen-bond donors (Lipinski definition) is 0. The molecule has 32 heavy (non-hydrogen) atoms. The summed E-state index contributed by atoms with van der Waals surface area (Å²) in [6.45, 7) is 0. The molecule has 2 heterocycles. The van der Waals surface area contributed by atoms with Crippen LogP contribution >= 0.6 is 22.7 Å². The first kappa shape index (κ1) is 20.4. The second-order valence-corrected chi connectivity index (χ2v) is 9.36. The van der Waals surface area contributed by atoms with Crippen LogP contribution in [0.5, 0.6) is 0 Å². The summed E-state index contributed by atoms with van der Waals surface area (Å²) in [7, 11) is 0. The highest BCUT2D eigenvalue weighted by Gasteiger charge is 2.12.